The lowest BCUT2D eigenvalue weighted by Gasteiger charge is -2.19. The number of phenolic OH excluding ortho intramolecular Hbond substituents is 1. The van der Waals surface area contributed by atoms with Gasteiger partial charge in [0.1, 0.15) is 5.75 Å². The van der Waals surface area contributed by atoms with E-state index in [1.807, 2.05) is 21.1 Å². The quantitative estimate of drug-likeness (QED) is 0.385. The predicted octanol–water partition coefficient (Wildman–Crippen LogP) is 1.51. The minimum atomic E-state index is -0.204. The minimum absolute atomic E-state index is 0. The Morgan fingerprint density at radius 3 is 2.31 bits per heavy atom. The number of nitrogens with zero attached hydrogens (tertiary/aromatic N) is 2. The first-order chi connectivity index (χ1) is 6.79. The molecule has 0 spiro atoms. The molecule has 90 valence electrons. The molecule has 5 heteroatoms. The molecular weight excluding hydrogens is 319 g/mol. The Balaban J connectivity index is 0.00000225. The van der Waals surface area contributed by atoms with Crippen molar-refractivity contribution >= 4 is 29.7 Å². The number of hydrogen-bond acceptors (Lipinski definition) is 3. The van der Waals surface area contributed by atoms with Crippen LogP contribution >= 0.6 is 24.0 Å². The fraction of sp³-hybridized carbons (Fsp3) is 0.364. The first-order valence-electron chi connectivity index (χ1n) is 4.68. The zero-order valence-corrected chi connectivity index (χ0v) is 12.2. The molecule has 0 saturated carbocycles. The summed E-state index contributed by atoms with van der Waals surface area (Å²) in [5, 5.41) is 25.0. The summed E-state index contributed by atoms with van der Waals surface area (Å²) in [5.74, 6) is -0.216. The molecule has 0 fully saturated rings. The first kappa shape index (κ1) is 15.2. The third-order valence-electron chi connectivity index (χ3n) is 1.80. The van der Waals surface area contributed by atoms with Crippen molar-refractivity contribution in [1.29, 1.82) is 0 Å². The van der Waals surface area contributed by atoms with E-state index in [1.54, 1.807) is 13.0 Å². The molecule has 16 heavy (non-hydrogen) atoms. The fourth-order valence-corrected chi connectivity index (χ4v) is 1.31. The normalized spacial score (nSPS) is 12.1. The van der Waals surface area contributed by atoms with Crippen molar-refractivity contribution < 1.29 is 14.8 Å². The number of phenols is 1. The molecule has 0 saturated heterocycles. The third kappa shape index (κ3) is 4.36. The van der Waals surface area contributed by atoms with E-state index < -0.39 is 0 Å². The maximum Gasteiger partial charge on any atom is 0.115 e. The average Bonchev–Trinajstić information content (AvgIpc) is 1.99. The van der Waals surface area contributed by atoms with E-state index in [9.17, 15) is 5.11 Å². The fourth-order valence-electron chi connectivity index (χ4n) is 1.31. The van der Waals surface area contributed by atoms with Gasteiger partial charge in [-0.05, 0) is 30.7 Å². The van der Waals surface area contributed by atoms with E-state index in [0.717, 1.165) is 0 Å². The molecule has 0 amide bonds. The molecule has 0 radical (unpaired) electrons. The van der Waals surface area contributed by atoms with Crippen molar-refractivity contribution in [1.82, 2.24) is 0 Å². The van der Waals surface area contributed by atoms with Crippen molar-refractivity contribution in [2.75, 3.05) is 21.1 Å². The molecule has 1 rings (SSSR count). The van der Waals surface area contributed by atoms with Crippen LogP contribution in [0.1, 0.15) is 12.5 Å². The highest BCUT2D eigenvalue weighted by atomic mass is 127. The Bertz CT molecular complexity index is 397. The molecule has 1 aromatic rings. The standard InChI is InChI=1S/C11H16N2O2.HI/c1-8(12-13(2,3)4)10-6-5-9(14)7-11(10)15;/h5-7H,1-4H3,(H-,12,14,15);1H. The molecule has 0 heterocycles. The van der Waals surface area contributed by atoms with E-state index >= 15 is 0 Å². The summed E-state index contributed by atoms with van der Waals surface area (Å²) in [5.41, 5.74) is 1.20. The zero-order chi connectivity index (χ0) is 11.6. The minimum Gasteiger partial charge on any atom is -0.872 e. The number of hydrogen-bond donors (Lipinski definition) is 1. The van der Waals surface area contributed by atoms with E-state index in [1.165, 1.54) is 12.1 Å². The summed E-state index contributed by atoms with van der Waals surface area (Å²) >= 11 is 0. The monoisotopic (exact) mass is 336 g/mol. The molecule has 1 aromatic carbocycles. The van der Waals surface area contributed by atoms with Crippen LogP contribution in [-0.2, 0) is 0 Å². The van der Waals surface area contributed by atoms with Gasteiger partial charge in [0.15, 0.2) is 0 Å². The van der Waals surface area contributed by atoms with Gasteiger partial charge in [-0.15, -0.1) is 24.0 Å². The van der Waals surface area contributed by atoms with Crippen molar-refractivity contribution in [3.63, 3.8) is 0 Å². The number of benzene rings is 1. The van der Waals surface area contributed by atoms with Crippen molar-refractivity contribution in [3.05, 3.63) is 23.8 Å². The maximum atomic E-state index is 11.5. The molecule has 0 aliphatic heterocycles. The van der Waals surface area contributed by atoms with Crippen LogP contribution in [-0.4, -0.2) is 36.6 Å². The number of halogens is 1. The Morgan fingerprint density at radius 2 is 1.88 bits per heavy atom. The van der Waals surface area contributed by atoms with Gasteiger partial charge in [-0.25, -0.2) is 4.59 Å². The zero-order valence-electron chi connectivity index (χ0n) is 9.89. The van der Waals surface area contributed by atoms with Crippen LogP contribution in [0.5, 0.6) is 11.5 Å². The van der Waals surface area contributed by atoms with Crippen molar-refractivity contribution in [2.24, 2.45) is 5.10 Å². The number of aromatic hydroxyl groups is 1. The van der Waals surface area contributed by atoms with Crippen LogP contribution in [0.2, 0.25) is 0 Å². The van der Waals surface area contributed by atoms with Crippen LogP contribution in [0.25, 0.3) is 0 Å². The van der Waals surface area contributed by atoms with Crippen LogP contribution in [0.4, 0.5) is 0 Å². The van der Waals surface area contributed by atoms with E-state index in [-0.39, 0.29) is 35.5 Å². The largest absolute Gasteiger partial charge is 0.872 e. The van der Waals surface area contributed by atoms with Gasteiger partial charge in [0.05, 0.1) is 26.9 Å². The number of rotatable bonds is 2. The molecular formula is C11H17IN2O2. The highest BCUT2D eigenvalue weighted by Crippen LogP contribution is 2.21. The van der Waals surface area contributed by atoms with Crippen LogP contribution in [0.15, 0.2) is 23.3 Å². The second-order valence-electron chi connectivity index (χ2n) is 4.31. The van der Waals surface area contributed by atoms with Crippen LogP contribution in [0, 0.1) is 0 Å². The second-order valence-corrected chi connectivity index (χ2v) is 4.31. The van der Waals surface area contributed by atoms with Gasteiger partial charge in [-0.3, -0.25) is 0 Å². The van der Waals surface area contributed by atoms with Crippen molar-refractivity contribution in [3.8, 4) is 11.5 Å². The van der Waals surface area contributed by atoms with Gasteiger partial charge >= 0.3 is 0 Å². The number of quaternary nitrogens is 1. The predicted molar refractivity (Wildman–Crippen MR) is 73.2 cm³/mol. The second kappa shape index (κ2) is 5.49. The van der Waals surface area contributed by atoms with Gasteiger partial charge in [-0.2, -0.15) is 0 Å². The lowest BCUT2D eigenvalue weighted by Crippen LogP contribution is -2.29. The Morgan fingerprint density at radius 1 is 1.31 bits per heavy atom. The van der Waals surface area contributed by atoms with Gasteiger partial charge < -0.3 is 10.2 Å². The average molecular weight is 336 g/mol. The van der Waals surface area contributed by atoms with Gasteiger partial charge in [0.25, 0.3) is 0 Å². The molecule has 0 aromatic heterocycles. The van der Waals surface area contributed by atoms with Crippen molar-refractivity contribution in [2.45, 2.75) is 6.92 Å². The summed E-state index contributed by atoms with van der Waals surface area (Å²) in [7, 11) is 5.73. The van der Waals surface area contributed by atoms with Crippen LogP contribution < -0.4 is 5.11 Å². The van der Waals surface area contributed by atoms with Crippen LogP contribution in [0.3, 0.4) is 0 Å². The van der Waals surface area contributed by atoms with Gasteiger partial charge in [0, 0.05) is 0 Å². The Hall–Kier alpha value is -0.820. The lowest BCUT2D eigenvalue weighted by atomic mass is 10.1. The molecule has 1 N–H and O–H groups in total. The third-order valence-corrected chi connectivity index (χ3v) is 1.80. The molecule has 4 nitrogen and oxygen atoms in total. The van der Waals surface area contributed by atoms with E-state index in [0.29, 0.717) is 15.9 Å². The summed E-state index contributed by atoms with van der Waals surface area (Å²) in [6.45, 7) is 1.79. The SMILES string of the molecule is C/C(=N\[N+](C)(C)C)c1ccc(O)cc1[O-].I. The topological polar surface area (TPSA) is 55.7 Å². The first-order valence-corrected chi connectivity index (χ1v) is 4.68. The van der Waals surface area contributed by atoms with E-state index in [4.69, 9.17) is 5.11 Å². The molecule has 0 bridgehead atoms. The van der Waals surface area contributed by atoms with Gasteiger partial charge in [0.2, 0.25) is 0 Å². The summed E-state index contributed by atoms with van der Waals surface area (Å²) < 4.78 is 0.409. The highest BCUT2D eigenvalue weighted by Gasteiger charge is 2.08. The summed E-state index contributed by atoms with van der Waals surface area (Å²) in [6, 6.07) is 4.28. The molecule has 0 unspecified atom stereocenters. The summed E-state index contributed by atoms with van der Waals surface area (Å²) in [6.07, 6.45) is 0. The smallest absolute Gasteiger partial charge is 0.115 e. The molecule has 0 aliphatic rings. The lowest BCUT2D eigenvalue weighted by molar-refractivity contribution is -0.877. The molecule has 0 aliphatic carbocycles. The maximum absolute atomic E-state index is 11.5. The molecule has 0 atom stereocenters. The Kier molecular flexibility index (Phi) is 5.21. The van der Waals surface area contributed by atoms with E-state index in [2.05, 4.69) is 5.10 Å². The summed E-state index contributed by atoms with van der Waals surface area (Å²) in [4.78, 5) is 0. The highest BCUT2D eigenvalue weighted by molar-refractivity contribution is 14.0. The van der Waals surface area contributed by atoms with Gasteiger partial charge in [-0.1, -0.05) is 10.9 Å². The Labute approximate surface area is 113 Å².